The van der Waals surface area contributed by atoms with E-state index in [2.05, 4.69) is 0 Å². The van der Waals surface area contributed by atoms with E-state index in [0.717, 1.165) is 22.0 Å². The van der Waals surface area contributed by atoms with Crippen LogP contribution in [-0.4, -0.2) is 86.5 Å². The summed E-state index contributed by atoms with van der Waals surface area (Å²) in [6.07, 6.45) is 1.88. The van der Waals surface area contributed by atoms with Crippen LogP contribution in [0, 0.1) is 0 Å². The van der Waals surface area contributed by atoms with Crippen molar-refractivity contribution in [1.82, 2.24) is 27.4 Å². The molecular formula is C35H56N6O14. The number of carbonyl (C=O) groups is 3. The maximum absolute atomic E-state index is 13.4. The van der Waals surface area contributed by atoms with Gasteiger partial charge in [-0.3, -0.25) is 14.4 Å². The summed E-state index contributed by atoms with van der Waals surface area (Å²) >= 11 is 0. The lowest BCUT2D eigenvalue weighted by Gasteiger charge is -2.28. The lowest BCUT2D eigenvalue weighted by Crippen LogP contribution is -2.55. The summed E-state index contributed by atoms with van der Waals surface area (Å²) in [6.45, 7) is 7.81. The number of unbranched alkanes of at least 4 members (excludes halogenated alkanes) is 1. The second-order valence-electron chi connectivity index (χ2n) is 13.9. The number of aliphatic carboxylic acids is 1. The second-order valence-corrected chi connectivity index (χ2v) is 13.9. The summed E-state index contributed by atoms with van der Waals surface area (Å²) in [4.78, 5) is 116. The smallest absolute Gasteiger partial charge is 0.336 e. The molecule has 2 rings (SSSR count). The average Bonchev–Trinajstić information content (AvgIpc) is 3.13. The molecule has 0 aliphatic rings. The van der Waals surface area contributed by atoms with Gasteiger partial charge in [0.15, 0.2) is 0 Å². The fourth-order valence-corrected chi connectivity index (χ4v) is 5.37. The van der Waals surface area contributed by atoms with Gasteiger partial charge in [0.25, 0.3) is 0 Å². The number of rotatable bonds is 25. The number of aliphatic hydroxyl groups is 1. The monoisotopic (exact) mass is 784 g/mol. The SMILES string of the molecule is CCCCC(C)(CC)OC(=O)CCn1c(=O)n(CCC(=O)O)c(=O)n(CCC(=O)OCCn2c(=O)n(CCCO)c(=O)n(CCOC(C)(C)CC)c2=O)c1=O. The molecule has 0 saturated carbocycles. The van der Waals surface area contributed by atoms with Gasteiger partial charge in [0, 0.05) is 32.8 Å². The molecule has 20 nitrogen and oxygen atoms in total. The van der Waals surface area contributed by atoms with E-state index in [9.17, 15) is 48.3 Å². The molecule has 0 fully saturated rings. The molecule has 2 aromatic heterocycles. The Hall–Kier alpha value is -4.85. The Bertz CT molecular complexity index is 2000. The Labute approximate surface area is 316 Å². The van der Waals surface area contributed by atoms with Gasteiger partial charge >= 0.3 is 52.0 Å². The molecule has 20 heteroatoms. The largest absolute Gasteiger partial charge is 0.481 e. The van der Waals surface area contributed by atoms with Crippen LogP contribution in [0.25, 0.3) is 0 Å². The highest BCUT2D eigenvalue weighted by molar-refractivity contribution is 5.70. The van der Waals surface area contributed by atoms with Crippen molar-refractivity contribution in [3.8, 4) is 0 Å². The maximum Gasteiger partial charge on any atom is 0.336 e. The van der Waals surface area contributed by atoms with E-state index in [1.54, 1.807) is 6.92 Å². The van der Waals surface area contributed by atoms with Crippen LogP contribution in [0.1, 0.15) is 99.3 Å². The zero-order valence-corrected chi connectivity index (χ0v) is 32.7. The average molecular weight is 785 g/mol. The summed E-state index contributed by atoms with van der Waals surface area (Å²) in [6, 6.07) is 0. The quantitative estimate of drug-likeness (QED) is 0.122. The maximum atomic E-state index is 13.4. The second kappa shape index (κ2) is 21.3. The zero-order valence-electron chi connectivity index (χ0n) is 32.7. The molecule has 0 aliphatic heterocycles. The summed E-state index contributed by atoms with van der Waals surface area (Å²) in [5.74, 6) is -2.97. The van der Waals surface area contributed by atoms with Gasteiger partial charge in [-0.2, -0.15) is 0 Å². The third-order valence-electron chi connectivity index (χ3n) is 9.34. The fraction of sp³-hybridized carbons (Fsp3) is 0.743. The standard InChI is InChI=1S/C35H56N6O14/c1-7-10-15-35(6,9-3)55-27(46)14-19-39-31(50)37(17-12-25(43)44)30(49)38(32(39)51)18-13-26(45)53-23-20-40-28(47)36(16-11-22-42)29(48)41(33(40)52)21-24-54-34(4,5)8-2/h42H,7-24H2,1-6H3,(H,43,44). The van der Waals surface area contributed by atoms with Crippen LogP contribution < -0.4 is 34.1 Å². The number of nitrogens with zero attached hydrogens (tertiary/aromatic N) is 6. The lowest BCUT2D eigenvalue weighted by molar-refractivity contribution is -0.159. The molecule has 55 heavy (non-hydrogen) atoms. The molecule has 2 aromatic rings. The Morgan fingerprint density at radius 2 is 1.02 bits per heavy atom. The predicted molar refractivity (Wildman–Crippen MR) is 197 cm³/mol. The molecule has 0 spiro atoms. The van der Waals surface area contributed by atoms with Gasteiger partial charge < -0.3 is 24.4 Å². The van der Waals surface area contributed by atoms with Gasteiger partial charge in [0.1, 0.15) is 12.2 Å². The summed E-state index contributed by atoms with van der Waals surface area (Å²) < 4.78 is 20.6. The van der Waals surface area contributed by atoms with E-state index in [1.807, 2.05) is 34.6 Å². The van der Waals surface area contributed by atoms with E-state index in [-0.39, 0.29) is 32.7 Å². The topological polar surface area (TPSA) is 251 Å². The predicted octanol–water partition coefficient (Wildman–Crippen LogP) is -0.355. The van der Waals surface area contributed by atoms with Crippen LogP contribution in [0.5, 0.6) is 0 Å². The lowest BCUT2D eigenvalue weighted by atomic mass is 9.96. The molecule has 0 radical (unpaired) electrons. The van der Waals surface area contributed by atoms with E-state index in [1.165, 1.54) is 0 Å². The van der Waals surface area contributed by atoms with Crippen LogP contribution in [0.15, 0.2) is 28.8 Å². The zero-order chi connectivity index (χ0) is 41.5. The Morgan fingerprint density at radius 3 is 1.45 bits per heavy atom. The first-order valence-electron chi connectivity index (χ1n) is 18.6. The number of carboxylic acid groups (broad SMARTS) is 1. The van der Waals surface area contributed by atoms with Crippen molar-refractivity contribution in [3.63, 3.8) is 0 Å². The molecule has 0 amide bonds. The number of hydrogen-bond donors (Lipinski definition) is 2. The van der Waals surface area contributed by atoms with Crippen LogP contribution in [0.4, 0.5) is 0 Å². The minimum Gasteiger partial charge on any atom is -0.481 e. The summed E-state index contributed by atoms with van der Waals surface area (Å²) in [5.41, 5.74) is -7.59. The van der Waals surface area contributed by atoms with Gasteiger partial charge in [-0.15, -0.1) is 0 Å². The van der Waals surface area contributed by atoms with Crippen LogP contribution >= 0.6 is 0 Å². The number of aromatic nitrogens is 6. The molecule has 0 aromatic carbocycles. The van der Waals surface area contributed by atoms with Crippen molar-refractivity contribution in [3.05, 3.63) is 62.9 Å². The number of carboxylic acids is 1. The van der Waals surface area contributed by atoms with Gasteiger partial charge in [0.2, 0.25) is 0 Å². The van der Waals surface area contributed by atoms with Crippen LogP contribution in [0.3, 0.4) is 0 Å². The minimum atomic E-state index is -1.32. The Balaban J connectivity index is 2.29. The fourth-order valence-electron chi connectivity index (χ4n) is 5.37. The van der Waals surface area contributed by atoms with Crippen molar-refractivity contribution < 1.29 is 38.8 Å². The molecule has 1 atom stereocenters. The molecule has 2 heterocycles. The third kappa shape index (κ3) is 13.2. The Morgan fingerprint density at radius 1 is 0.582 bits per heavy atom. The van der Waals surface area contributed by atoms with E-state index in [4.69, 9.17) is 19.3 Å². The Kier molecular flexibility index (Phi) is 17.9. The third-order valence-corrected chi connectivity index (χ3v) is 9.34. The summed E-state index contributed by atoms with van der Waals surface area (Å²) in [5, 5.41) is 18.4. The van der Waals surface area contributed by atoms with Gasteiger partial charge in [-0.1, -0.05) is 27.2 Å². The van der Waals surface area contributed by atoms with Gasteiger partial charge in [0.05, 0.1) is 44.6 Å². The van der Waals surface area contributed by atoms with Gasteiger partial charge in [-0.05, 0) is 52.9 Å². The molecule has 0 bridgehead atoms. The van der Waals surface area contributed by atoms with Crippen molar-refractivity contribution in [2.75, 3.05) is 19.8 Å². The highest BCUT2D eigenvalue weighted by Crippen LogP contribution is 2.23. The highest BCUT2D eigenvalue weighted by Gasteiger charge is 2.27. The summed E-state index contributed by atoms with van der Waals surface area (Å²) in [7, 11) is 0. The first kappa shape index (κ1) is 46.3. The first-order valence-corrected chi connectivity index (χ1v) is 18.6. The van der Waals surface area contributed by atoms with Crippen LogP contribution in [-0.2, 0) is 67.9 Å². The first-order chi connectivity index (χ1) is 25.9. The van der Waals surface area contributed by atoms with Crippen molar-refractivity contribution in [2.24, 2.45) is 0 Å². The molecule has 0 aliphatic carbocycles. The molecule has 2 N–H and O–H groups in total. The number of aliphatic hydroxyl groups excluding tert-OH is 1. The number of carbonyl (C=O) groups excluding carboxylic acids is 2. The van der Waals surface area contributed by atoms with E-state index in [0.29, 0.717) is 37.5 Å². The number of esters is 2. The van der Waals surface area contributed by atoms with Gasteiger partial charge in [-0.25, -0.2) is 56.2 Å². The molecular weight excluding hydrogens is 728 g/mol. The molecule has 0 saturated heterocycles. The van der Waals surface area contributed by atoms with E-state index >= 15 is 0 Å². The van der Waals surface area contributed by atoms with Crippen molar-refractivity contribution in [2.45, 2.75) is 150 Å². The van der Waals surface area contributed by atoms with E-state index < -0.39 is 115 Å². The van der Waals surface area contributed by atoms with Crippen LogP contribution in [0.2, 0.25) is 0 Å². The highest BCUT2D eigenvalue weighted by atomic mass is 16.6. The van der Waals surface area contributed by atoms with Crippen molar-refractivity contribution in [1.29, 1.82) is 0 Å². The molecule has 1 unspecified atom stereocenters. The van der Waals surface area contributed by atoms with Crippen molar-refractivity contribution >= 4 is 17.9 Å². The number of hydrogen-bond acceptors (Lipinski definition) is 13. The molecule has 310 valence electrons. The minimum absolute atomic E-state index is 0.0185. The number of ether oxygens (including phenoxy) is 3. The normalized spacial score (nSPS) is 12.7.